The van der Waals surface area contributed by atoms with Crippen molar-refractivity contribution in [2.45, 2.75) is 6.54 Å². The van der Waals surface area contributed by atoms with E-state index in [-0.39, 0.29) is 17.0 Å². The predicted molar refractivity (Wildman–Crippen MR) is 104 cm³/mol. The topological polar surface area (TPSA) is 144 Å². The summed E-state index contributed by atoms with van der Waals surface area (Å²) in [5.41, 5.74) is -1.19. The summed E-state index contributed by atoms with van der Waals surface area (Å²) in [6.07, 6.45) is 1.02. The minimum Gasteiger partial charge on any atom is -0.502 e. The Kier molecular flexibility index (Phi) is 5.52. The molecule has 0 aromatic heterocycles. The number of phenolic OH excluding ortho intramolecular Hbond substituents is 1. The van der Waals surface area contributed by atoms with Crippen LogP contribution in [0.5, 0.6) is 5.75 Å². The number of aromatic hydroxyl groups is 1. The lowest BCUT2D eigenvalue weighted by Gasteiger charge is -2.12. The second kappa shape index (κ2) is 7.89. The summed E-state index contributed by atoms with van der Waals surface area (Å²) in [5, 5.41) is 32.0. The third kappa shape index (κ3) is 4.20. The highest BCUT2D eigenvalue weighted by atomic mass is 35.5. The molecule has 1 aliphatic heterocycles. The molecule has 1 aliphatic rings. The van der Waals surface area contributed by atoms with Crippen molar-refractivity contribution < 1.29 is 24.5 Å². The largest absolute Gasteiger partial charge is 0.502 e. The third-order valence-corrected chi connectivity index (χ3v) is 5.09. The van der Waals surface area contributed by atoms with Gasteiger partial charge in [0, 0.05) is 16.7 Å². The van der Waals surface area contributed by atoms with Crippen molar-refractivity contribution in [3.05, 3.63) is 77.7 Å². The molecule has 0 atom stereocenters. The van der Waals surface area contributed by atoms with E-state index in [9.17, 15) is 34.9 Å². The zero-order valence-electron chi connectivity index (χ0n) is 14.3. The van der Waals surface area contributed by atoms with Crippen molar-refractivity contribution in [1.29, 1.82) is 0 Å². The van der Waals surface area contributed by atoms with Gasteiger partial charge in [-0.3, -0.25) is 34.7 Å². The van der Waals surface area contributed by atoms with E-state index >= 15 is 0 Å². The van der Waals surface area contributed by atoms with Crippen LogP contribution in [0.1, 0.15) is 11.1 Å². The molecule has 29 heavy (non-hydrogen) atoms. The number of thioether (sulfide) groups is 1. The summed E-state index contributed by atoms with van der Waals surface area (Å²) < 4.78 is 0. The lowest BCUT2D eigenvalue weighted by molar-refractivity contribution is -0.394. The Morgan fingerprint density at radius 2 is 1.76 bits per heavy atom. The van der Waals surface area contributed by atoms with Crippen LogP contribution in [0.2, 0.25) is 5.02 Å². The van der Waals surface area contributed by atoms with Gasteiger partial charge in [-0.25, -0.2) is 0 Å². The highest BCUT2D eigenvalue weighted by Gasteiger charge is 2.35. The molecule has 2 aromatic carbocycles. The van der Waals surface area contributed by atoms with Gasteiger partial charge in [-0.05, 0) is 35.5 Å². The Bertz CT molecular complexity index is 1090. The smallest absolute Gasteiger partial charge is 0.318 e. The first-order chi connectivity index (χ1) is 13.7. The first kappa shape index (κ1) is 20.3. The summed E-state index contributed by atoms with van der Waals surface area (Å²) in [6, 6.07) is 7.99. The van der Waals surface area contributed by atoms with E-state index in [1.807, 2.05) is 0 Å². The number of nitro benzene ring substituents is 2. The number of phenols is 1. The molecule has 0 unspecified atom stereocenters. The number of carbonyl (C=O) groups is 2. The van der Waals surface area contributed by atoms with Gasteiger partial charge in [-0.15, -0.1) is 0 Å². The molecule has 10 nitrogen and oxygen atoms in total. The molecule has 1 N–H and O–H groups in total. The lowest BCUT2D eigenvalue weighted by atomic mass is 10.1. The number of hydrogen-bond donors (Lipinski definition) is 1. The zero-order chi connectivity index (χ0) is 21.3. The van der Waals surface area contributed by atoms with Crippen molar-refractivity contribution >= 4 is 52.0 Å². The molecule has 2 aromatic rings. The van der Waals surface area contributed by atoms with Crippen LogP contribution in [0.3, 0.4) is 0 Å². The second-order valence-electron chi connectivity index (χ2n) is 5.81. The normalized spacial score (nSPS) is 15.2. The van der Waals surface area contributed by atoms with Crippen LogP contribution in [-0.4, -0.2) is 31.0 Å². The number of amides is 2. The highest BCUT2D eigenvalue weighted by molar-refractivity contribution is 8.18. The Morgan fingerprint density at radius 3 is 2.34 bits per heavy atom. The Hall–Kier alpha value is -3.44. The second-order valence-corrected chi connectivity index (χ2v) is 7.24. The first-order valence-corrected chi connectivity index (χ1v) is 9.02. The van der Waals surface area contributed by atoms with Crippen LogP contribution in [0.25, 0.3) is 6.08 Å². The fourth-order valence-electron chi connectivity index (χ4n) is 2.53. The number of benzene rings is 2. The average molecular weight is 436 g/mol. The maximum atomic E-state index is 12.6. The maximum absolute atomic E-state index is 12.6. The summed E-state index contributed by atoms with van der Waals surface area (Å²) >= 11 is 6.36. The first-order valence-electron chi connectivity index (χ1n) is 7.83. The van der Waals surface area contributed by atoms with Crippen molar-refractivity contribution in [3.8, 4) is 5.75 Å². The summed E-state index contributed by atoms with van der Waals surface area (Å²) in [5.74, 6) is -1.53. The molecule has 2 amide bonds. The van der Waals surface area contributed by atoms with Gasteiger partial charge >= 0.3 is 5.69 Å². The van der Waals surface area contributed by atoms with E-state index < -0.39 is 38.1 Å². The number of nitro groups is 2. The summed E-state index contributed by atoms with van der Waals surface area (Å²) in [6.45, 7) is -0.0275. The molecule has 0 saturated carbocycles. The van der Waals surface area contributed by atoms with Gasteiger partial charge in [0.2, 0.25) is 5.75 Å². The van der Waals surface area contributed by atoms with E-state index in [4.69, 9.17) is 11.6 Å². The molecule has 0 spiro atoms. The number of carbonyl (C=O) groups excluding carboxylic acids is 2. The van der Waals surface area contributed by atoms with Gasteiger partial charge in [-0.2, -0.15) is 0 Å². The van der Waals surface area contributed by atoms with Gasteiger partial charge in [0.1, 0.15) is 0 Å². The molecule has 0 radical (unpaired) electrons. The molecule has 3 rings (SSSR count). The fourth-order valence-corrected chi connectivity index (χ4v) is 3.49. The van der Waals surface area contributed by atoms with E-state index in [1.165, 1.54) is 0 Å². The maximum Gasteiger partial charge on any atom is 0.318 e. The zero-order valence-corrected chi connectivity index (χ0v) is 15.8. The van der Waals surface area contributed by atoms with Crippen LogP contribution in [0.15, 0.2) is 41.3 Å². The van der Waals surface area contributed by atoms with E-state index in [0.29, 0.717) is 28.4 Å². The molecule has 1 saturated heterocycles. The van der Waals surface area contributed by atoms with Crippen molar-refractivity contribution in [2.24, 2.45) is 0 Å². The minimum atomic E-state index is -0.980. The molecule has 1 fully saturated rings. The van der Waals surface area contributed by atoms with Crippen LogP contribution in [0, 0.1) is 20.2 Å². The van der Waals surface area contributed by atoms with E-state index in [0.717, 1.165) is 17.0 Å². The van der Waals surface area contributed by atoms with Gasteiger partial charge in [0.15, 0.2) is 0 Å². The Labute approximate surface area is 171 Å². The molecule has 0 aliphatic carbocycles. The lowest BCUT2D eigenvalue weighted by Crippen LogP contribution is -2.27. The molecule has 1 heterocycles. The minimum absolute atomic E-state index is 0.0275. The third-order valence-electron chi connectivity index (χ3n) is 3.93. The molecule has 148 valence electrons. The summed E-state index contributed by atoms with van der Waals surface area (Å²) in [4.78, 5) is 45.8. The van der Waals surface area contributed by atoms with Gasteiger partial charge in [-0.1, -0.05) is 23.7 Å². The average Bonchev–Trinajstić information content (AvgIpc) is 2.92. The fraction of sp³-hybridized carbons (Fsp3) is 0.0588. The number of non-ortho nitro benzene ring substituents is 1. The number of imide groups is 1. The van der Waals surface area contributed by atoms with E-state index in [2.05, 4.69) is 0 Å². The standard InChI is InChI=1S/C17H10ClN3O7S/c18-11-3-1-9(2-4-11)8-19-16(23)14(29-17(19)24)6-10-5-12(20(25)26)7-13(15(10)22)21(27)28/h1-7,22H,8H2/b14-6-. The van der Waals surface area contributed by atoms with Crippen molar-refractivity contribution in [2.75, 3.05) is 0 Å². The van der Waals surface area contributed by atoms with Gasteiger partial charge in [0.05, 0.1) is 27.4 Å². The van der Waals surface area contributed by atoms with Crippen LogP contribution < -0.4 is 0 Å². The number of hydrogen-bond acceptors (Lipinski definition) is 8. The van der Waals surface area contributed by atoms with Crippen LogP contribution in [-0.2, 0) is 11.3 Å². The Morgan fingerprint density at radius 1 is 1.10 bits per heavy atom. The summed E-state index contributed by atoms with van der Waals surface area (Å²) in [7, 11) is 0. The number of nitrogens with zero attached hydrogens (tertiary/aromatic N) is 3. The van der Waals surface area contributed by atoms with Crippen LogP contribution >= 0.6 is 23.4 Å². The van der Waals surface area contributed by atoms with Crippen LogP contribution in [0.4, 0.5) is 16.2 Å². The highest BCUT2D eigenvalue weighted by Crippen LogP contribution is 2.39. The SMILES string of the molecule is O=C1S/C(=C\c2cc([N+](=O)[O-])cc([N+](=O)[O-])c2O)C(=O)N1Cc1ccc(Cl)cc1. The van der Waals surface area contributed by atoms with Crippen molar-refractivity contribution in [1.82, 2.24) is 4.90 Å². The van der Waals surface area contributed by atoms with E-state index in [1.54, 1.807) is 24.3 Å². The van der Waals surface area contributed by atoms with Gasteiger partial charge < -0.3 is 5.11 Å². The predicted octanol–water partition coefficient (Wildman–Crippen LogP) is 4.10. The Balaban J connectivity index is 1.96. The molecular weight excluding hydrogens is 426 g/mol. The van der Waals surface area contributed by atoms with Crippen molar-refractivity contribution in [3.63, 3.8) is 0 Å². The molecule has 12 heteroatoms. The quantitative estimate of drug-likeness (QED) is 0.419. The molecule has 0 bridgehead atoms. The number of rotatable bonds is 5. The molecular formula is C17H10ClN3O7S. The monoisotopic (exact) mass is 435 g/mol. The number of halogens is 1. The van der Waals surface area contributed by atoms with Gasteiger partial charge in [0.25, 0.3) is 16.8 Å².